The van der Waals surface area contributed by atoms with Crippen LogP contribution in [-0.4, -0.2) is 34.1 Å². The summed E-state index contributed by atoms with van der Waals surface area (Å²) >= 11 is 7.66. The summed E-state index contributed by atoms with van der Waals surface area (Å²) in [4.78, 5) is 11.2. The van der Waals surface area contributed by atoms with E-state index in [9.17, 15) is 0 Å². The number of thiazole rings is 1. The first-order valence-corrected chi connectivity index (χ1v) is 8.79. The number of nitrogens with zero attached hydrogens (tertiary/aromatic N) is 3. The Bertz CT molecular complexity index is 679. The van der Waals surface area contributed by atoms with Crippen LogP contribution < -0.4 is 10.2 Å². The zero-order valence-electron chi connectivity index (χ0n) is 13.8. The van der Waals surface area contributed by atoms with Crippen LogP contribution in [0.1, 0.15) is 40.5 Å². The Morgan fingerprint density at radius 1 is 1.27 bits per heavy atom. The van der Waals surface area contributed by atoms with Gasteiger partial charge >= 0.3 is 0 Å². The number of piperidine rings is 1. The van der Waals surface area contributed by atoms with Crippen LogP contribution in [0.5, 0.6) is 0 Å². The lowest BCUT2D eigenvalue weighted by atomic mass is 9.79. The molecule has 0 radical (unpaired) electrons. The number of pyridine rings is 1. The second-order valence-corrected chi connectivity index (χ2v) is 8.93. The molecule has 1 aliphatic rings. The predicted octanol–water partition coefficient (Wildman–Crippen LogP) is 4.09. The molecule has 0 atom stereocenters. The van der Waals surface area contributed by atoms with E-state index in [1.807, 2.05) is 6.07 Å². The lowest BCUT2D eigenvalue weighted by Crippen LogP contribution is -2.61. The lowest BCUT2D eigenvalue weighted by molar-refractivity contribution is 0.161. The summed E-state index contributed by atoms with van der Waals surface area (Å²) < 4.78 is 1.09. The van der Waals surface area contributed by atoms with Crippen LogP contribution in [0.4, 0.5) is 5.13 Å². The second-order valence-electron chi connectivity index (χ2n) is 7.54. The molecule has 0 aromatic carbocycles. The van der Waals surface area contributed by atoms with Gasteiger partial charge in [0.25, 0.3) is 0 Å². The van der Waals surface area contributed by atoms with Gasteiger partial charge in [-0.25, -0.2) is 9.97 Å². The number of hydrogen-bond donors (Lipinski definition) is 1. The maximum absolute atomic E-state index is 5.98. The number of aromatic nitrogens is 2. The van der Waals surface area contributed by atoms with Gasteiger partial charge in [0.15, 0.2) is 5.13 Å². The Morgan fingerprint density at radius 3 is 2.55 bits per heavy atom. The van der Waals surface area contributed by atoms with Crippen molar-refractivity contribution >= 4 is 38.3 Å². The molecular formula is C16H23ClN4S. The summed E-state index contributed by atoms with van der Waals surface area (Å²) in [7, 11) is 2.15. The average Bonchev–Trinajstić information content (AvgIpc) is 2.76. The first-order valence-electron chi connectivity index (χ1n) is 7.59. The first kappa shape index (κ1) is 16.0. The van der Waals surface area contributed by atoms with Crippen molar-refractivity contribution < 1.29 is 0 Å². The standard InChI is InChI=1S/C16H23ClN4S/c1-15(2)7-10(8-16(3,4)20-15)21(5)14-19-11-9-18-13(17)6-12(11)22-14/h6,9-10,20H,7-8H2,1-5H3. The molecule has 0 saturated carbocycles. The first-order chi connectivity index (χ1) is 10.2. The monoisotopic (exact) mass is 338 g/mol. The molecule has 3 rings (SSSR count). The van der Waals surface area contributed by atoms with E-state index >= 15 is 0 Å². The maximum Gasteiger partial charge on any atom is 0.186 e. The highest BCUT2D eigenvalue weighted by molar-refractivity contribution is 7.22. The van der Waals surface area contributed by atoms with Crippen molar-refractivity contribution in [3.63, 3.8) is 0 Å². The van der Waals surface area contributed by atoms with Gasteiger partial charge in [0, 0.05) is 24.2 Å². The largest absolute Gasteiger partial charge is 0.348 e. The van der Waals surface area contributed by atoms with Gasteiger partial charge in [0.2, 0.25) is 0 Å². The number of fused-ring (bicyclic) bond motifs is 1. The topological polar surface area (TPSA) is 41.1 Å². The zero-order chi connectivity index (χ0) is 16.1. The van der Waals surface area contributed by atoms with Gasteiger partial charge in [-0.3, -0.25) is 0 Å². The maximum atomic E-state index is 5.98. The van der Waals surface area contributed by atoms with Crippen LogP contribution in [0.2, 0.25) is 5.15 Å². The van der Waals surface area contributed by atoms with Crippen molar-refractivity contribution in [3.05, 3.63) is 17.4 Å². The van der Waals surface area contributed by atoms with Crippen molar-refractivity contribution in [3.8, 4) is 0 Å². The minimum absolute atomic E-state index is 0.127. The molecule has 22 heavy (non-hydrogen) atoms. The van der Waals surface area contributed by atoms with Crippen molar-refractivity contribution in [2.75, 3.05) is 11.9 Å². The lowest BCUT2D eigenvalue weighted by Gasteiger charge is -2.48. The fourth-order valence-electron chi connectivity index (χ4n) is 3.65. The average molecular weight is 339 g/mol. The van der Waals surface area contributed by atoms with Crippen LogP contribution in [0.25, 0.3) is 10.2 Å². The molecular weight excluding hydrogens is 316 g/mol. The molecule has 1 fully saturated rings. The molecule has 0 spiro atoms. The minimum atomic E-state index is 0.127. The molecule has 0 bridgehead atoms. The van der Waals surface area contributed by atoms with Gasteiger partial charge in [-0.1, -0.05) is 22.9 Å². The smallest absolute Gasteiger partial charge is 0.186 e. The number of nitrogens with one attached hydrogen (secondary N) is 1. The molecule has 2 aromatic heterocycles. The third-order valence-electron chi connectivity index (χ3n) is 4.25. The summed E-state index contributed by atoms with van der Waals surface area (Å²) in [6.45, 7) is 9.10. The quantitative estimate of drug-likeness (QED) is 0.837. The van der Waals surface area contributed by atoms with Crippen molar-refractivity contribution in [2.24, 2.45) is 0 Å². The highest BCUT2D eigenvalue weighted by Crippen LogP contribution is 2.36. The molecule has 2 aromatic rings. The molecule has 0 unspecified atom stereocenters. The van der Waals surface area contributed by atoms with Crippen LogP contribution in [0, 0.1) is 0 Å². The summed E-state index contributed by atoms with van der Waals surface area (Å²) in [5, 5.41) is 5.29. The summed E-state index contributed by atoms with van der Waals surface area (Å²) in [6.07, 6.45) is 3.95. The summed E-state index contributed by atoms with van der Waals surface area (Å²) in [6, 6.07) is 2.36. The SMILES string of the molecule is CN(c1nc2cnc(Cl)cc2s1)C1CC(C)(C)NC(C)(C)C1. The fraction of sp³-hybridized carbons (Fsp3) is 0.625. The molecule has 1 aliphatic heterocycles. The predicted molar refractivity (Wildman–Crippen MR) is 95.1 cm³/mol. The molecule has 3 heterocycles. The Hall–Kier alpha value is -0.910. The number of anilines is 1. The molecule has 0 aliphatic carbocycles. The third-order valence-corrected chi connectivity index (χ3v) is 5.56. The van der Waals surface area contributed by atoms with Crippen LogP contribution >= 0.6 is 22.9 Å². The Morgan fingerprint density at radius 2 is 1.91 bits per heavy atom. The van der Waals surface area contributed by atoms with Gasteiger partial charge in [-0.05, 0) is 46.6 Å². The van der Waals surface area contributed by atoms with Crippen LogP contribution in [-0.2, 0) is 0 Å². The normalized spacial score (nSPS) is 21.2. The van der Waals surface area contributed by atoms with E-state index in [0.29, 0.717) is 11.2 Å². The molecule has 1 saturated heterocycles. The summed E-state index contributed by atoms with van der Waals surface area (Å²) in [5.41, 5.74) is 1.17. The highest BCUT2D eigenvalue weighted by atomic mass is 35.5. The zero-order valence-corrected chi connectivity index (χ0v) is 15.3. The minimum Gasteiger partial charge on any atom is -0.348 e. The fourth-order valence-corrected chi connectivity index (χ4v) is 4.87. The third kappa shape index (κ3) is 3.21. The Balaban J connectivity index is 1.89. The van der Waals surface area contributed by atoms with Gasteiger partial charge in [-0.2, -0.15) is 0 Å². The molecule has 0 amide bonds. The molecule has 1 N–H and O–H groups in total. The van der Waals surface area contributed by atoms with E-state index in [4.69, 9.17) is 16.6 Å². The van der Waals surface area contributed by atoms with Crippen molar-refractivity contribution in [1.82, 2.24) is 15.3 Å². The van der Waals surface area contributed by atoms with E-state index in [1.54, 1.807) is 17.5 Å². The molecule has 4 nitrogen and oxygen atoms in total. The highest BCUT2D eigenvalue weighted by Gasteiger charge is 2.39. The Labute approximate surface area is 140 Å². The van der Waals surface area contributed by atoms with E-state index in [2.05, 4.69) is 49.9 Å². The number of rotatable bonds is 2. The van der Waals surface area contributed by atoms with Gasteiger partial charge < -0.3 is 10.2 Å². The number of halogens is 1. The second kappa shape index (κ2) is 5.32. The van der Waals surface area contributed by atoms with Crippen molar-refractivity contribution in [1.29, 1.82) is 0 Å². The summed E-state index contributed by atoms with van der Waals surface area (Å²) in [5.74, 6) is 0. The van der Waals surface area contributed by atoms with E-state index in [0.717, 1.165) is 28.2 Å². The molecule has 120 valence electrons. The van der Waals surface area contributed by atoms with E-state index in [-0.39, 0.29) is 11.1 Å². The van der Waals surface area contributed by atoms with Crippen molar-refractivity contribution in [2.45, 2.75) is 57.7 Å². The van der Waals surface area contributed by atoms with Gasteiger partial charge in [-0.15, -0.1) is 0 Å². The Kier molecular flexibility index (Phi) is 3.86. The van der Waals surface area contributed by atoms with Gasteiger partial charge in [0.05, 0.1) is 10.9 Å². The number of hydrogen-bond acceptors (Lipinski definition) is 5. The van der Waals surface area contributed by atoms with Gasteiger partial charge in [0.1, 0.15) is 10.7 Å². The molecule has 6 heteroatoms. The van der Waals surface area contributed by atoms with E-state index in [1.165, 1.54) is 0 Å². The van der Waals surface area contributed by atoms with Crippen LogP contribution in [0.15, 0.2) is 12.3 Å². The van der Waals surface area contributed by atoms with E-state index < -0.39 is 0 Å². The van der Waals surface area contributed by atoms with Crippen LogP contribution in [0.3, 0.4) is 0 Å².